The molecule has 1 aliphatic rings. The largest absolute Gasteiger partial charge is 0.379 e. The van der Waals surface area contributed by atoms with Gasteiger partial charge in [-0.25, -0.2) is 13.1 Å². The topological polar surface area (TPSA) is 55.4 Å². The van der Waals surface area contributed by atoms with Gasteiger partial charge < -0.3 is 4.74 Å². The van der Waals surface area contributed by atoms with E-state index in [2.05, 4.69) is 4.72 Å². The number of sulfonamides is 1. The van der Waals surface area contributed by atoms with Crippen molar-refractivity contribution in [3.63, 3.8) is 0 Å². The summed E-state index contributed by atoms with van der Waals surface area (Å²) in [5.74, 6) is 0.128. The maximum Gasteiger partial charge on any atom is 0.211 e. The lowest BCUT2D eigenvalue weighted by Gasteiger charge is -2.22. The maximum absolute atomic E-state index is 11.2. The van der Waals surface area contributed by atoms with E-state index in [1.54, 1.807) is 6.92 Å². The van der Waals surface area contributed by atoms with Gasteiger partial charge in [-0.3, -0.25) is 0 Å². The van der Waals surface area contributed by atoms with Gasteiger partial charge in [0, 0.05) is 6.61 Å². The van der Waals surface area contributed by atoms with Gasteiger partial charge in [-0.15, -0.1) is 0 Å². The Morgan fingerprint density at radius 3 is 2.67 bits per heavy atom. The van der Waals surface area contributed by atoms with E-state index >= 15 is 0 Å². The summed E-state index contributed by atoms with van der Waals surface area (Å²) in [6.45, 7) is 4.61. The van der Waals surface area contributed by atoms with Crippen molar-refractivity contribution in [1.82, 2.24) is 4.72 Å². The molecular weight excluding hydrogens is 178 g/mol. The molecule has 12 heavy (non-hydrogen) atoms. The van der Waals surface area contributed by atoms with Crippen LogP contribution >= 0.6 is 0 Å². The molecule has 1 atom stereocenters. The van der Waals surface area contributed by atoms with Crippen LogP contribution in [0.2, 0.25) is 0 Å². The molecule has 0 amide bonds. The van der Waals surface area contributed by atoms with E-state index in [0.29, 0.717) is 13.2 Å². The normalized spacial score (nSPS) is 30.8. The van der Waals surface area contributed by atoms with E-state index in [1.807, 2.05) is 6.92 Å². The molecule has 0 aromatic heterocycles. The van der Waals surface area contributed by atoms with Crippen molar-refractivity contribution in [3.05, 3.63) is 0 Å². The van der Waals surface area contributed by atoms with Gasteiger partial charge in [0.05, 0.1) is 17.9 Å². The molecule has 0 saturated carbocycles. The molecule has 0 bridgehead atoms. The Morgan fingerprint density at radius 2 is 2.25 bits per heavy atom. The molecular formula is C7H15NO3S. The Bertz CT molecular complexity index is 241. The number of hydrogen-bond acceptors (Lipinski definition) is 3. The molecule has 0 aromatic rings. The predicted molar refractivity (Wildman–Crippen MR) is 46.4 cm³/mol. The lowest BCUT2D eigenvalue weighted by molar-refractivity contribution is 0.178. The minimum absolute atomic E-state index is 0.128. The second-order valence-electron chi connectivity index (χ2n) is 3.37. The quantitative estimate of drug-likeness (QED) is 0.692. The fraction of sp³-hybridized carbons (Fsp3) is 1.00. The number of rotatable bonds is 3. The monoisotopic (exact) mass is 193 g/mol. The summed E-state index contributed by atoms with van der Waals surface area (Å²) in [4.78, 5) is 0. The average molecular weight is 193 g/mol. The van der Waals surface area contributed by atoms with Gasteiger partial charge in [0.1, 0.15) is 0 Å². The minimum Gasteiger partial charge on any atom is -0.379 e. The lowest BCUT2D eigenvalue weighted by atomic mass is 10.0. The van der Waals surface area contributed by atoms with Gasteiger partial charge in [-0.1, -0.05) is 0 Å². The summed E-state index contributed by atoms with van der Waals surface area (Å²) >= 11 is 0. The van der Waals surface area contributed by atoms with Gasteiger partial charge >= 0.3 is 0 Å². The summed E-state index contributed by atoms with van der Waals surface area (Å²) in [6, 6.07) is 0. The van der Waals surface area contributed by atoms with Crippen molar-refractivity contribution in [2.75, 3.05) is 19.0 Å². The van der Waals surface area contributed by atoms with Crippen LogP contribution in [-0.2, 0) is 14.8 Å². The zero-order valence-corrected chi connectivity index (χ0v) is 8.28. The Labute approximate surface area is 73.3 Å². The number of ether oxygens (including phenoxy) is 1. The Balaban J connectivity index is 2.61. The Hall–Kier alpha value is -0.130. The molecule has 1 heterocycles. The van der Waals surface area contributed by atoms with Crippen molar-refractivity contribution in [3.8, 4) is 0 Å². The van der Waals surface area contributed by atoms with E-state index in [0.717, 1.165) is 6.42 Å². The summed E-state index contributed by atoms with van der Waals surface area (Å²) < 4.78 is 30.1. The first-order valence-corrected chi connectivity index (χ1v) is 5.72. The number of nitrogens with one attached hydrogen (secondary N) is 1. The molecule has 4 nitrogen and oxygen atoms in total. The van der Waals surface area contributed by atoms with Crippen LogP contribution in [0.4, 0.5) is 0 Å². The highest BCUT2D eigenvalue weighted by Crippen LogP contribution is 2.18. The van der Waals surface area contributed by atoms with Gasteiger partial charge in [0.25, 0.3) is 0 Å². The Kier molecular flexibility index (Phi) is 2.75. The molecule has 72 valence electrons. The predicted octanol–water partition coefficient (Wildman–Crippen LogP) is 0.105. The molecule has 1 saturated heterocycles. The lowest BCUT2D eigenvalue weighted by Crippen LogP contribution is -2.46. The molecule has 0 aliphatic carbocycles. The summed E-state index contributed by atoms with van der Waals surface area (Å²) in [5.41, 5.74) is -0.380. The van der Waals surface area contributed by atoms with Crippen LogP contribution in [0, 0.1) is 0 Å². The summed E-state index contributed by atoms with van der Waals surface area (Å²) in [7, 11) is -3.09. The zero-order chi connectivity index (χ0) is 9.24. The molecule has 0 radical (unpaired) electrons. The second-order valence-corrected chi connectivity index (χ2v) is 5.38. The smallest absolute Gasteiger partial charge is 0.211 e. The second kappa shape index (κ2) is 3.32. The van der Waals surface area contributed by atoms with Crippen molar-refractivity contribution >= 4 is 10.0 Å². The van der Waals surface area contributed by atoms with Crippen LogP contribution in [0.1, 0.15) is 20.3 Å². The van der Waals surface area contributed by atoms with Crippen molar-refractivity contribution in [2.45, 2.75) is 25.8 Å². The van der Waals surface area contributed by atoms with E-state index in [-0.39, 0.29) is 11.3 Å². The molecule has 1 aliphatic heterocycles. The molecule has 1 rings (SSSR count). The maximum atomic E-state index is 11.2. The highest BCUT2D eigenvalue weighted by atomic mass is 32.2. The summed E-state index contributed by atoms with van der Waals surface area (Å²) in [5, 5.41) is 0. The molecule has 1 N–H and O–H groups in total. The van der Waals surface area contributed by atoms with Gasteiger partial charge in [-0.05, 0) is 20.3 Å². The molecule has 1 unspecified atom stereocenters. The van der Waals surface area contributed by atoms with Crippen LogP contribution < -0.4 is 4.72 Å². The van der Waals surface area contributed by atoms with Gasteiger partial charge in [-0.2, -0.15) is 0 Å². The minimum atomic E-state index is -3.09. The molecule has 5 heteroatoms. The first kappa shape index (κ1) is 9.95. The highest BCUT2D eigenvalue weighted by molar-refractivity contribution is 7.89. The van der Waals surface area contributed by atoms with E-state index in [4.69, 9.17) is 4.74 Å². The van der Waals surface area contributed by atoms with E-state index < -0.39 is 10.0 Å². The van der Waals surface area contributed by atoms with Crippen molar-refractivity contribution in [1.29, 1.82) is 0 Å². The highest BCUT2D eigenvalue weighted by Gasteiger charge is 2.33. The average Bonchev–Trinajstić information content (AvgIpc) is 2.35. The zero-order valence-electron chi connectivity index (χ0n) is 7.46. The fourth-order valence-corrected chi connectivity index (χ4v) is 2.25. The summed E-state index contributed by atoms with van der Waals surface area (Å²) in [6.07, 6.45) is 0.756. The first-order chi connectivity index (χ1) is 5.47. The standard InChI is InChI=1S/C7H15NO3S/c1-3-12(9,10)8-7(2)4-5-11-6-7/h8H,3-6H2,1-2H3. The third-order valence-electron chi connectivity index (χ3n) is 2.00. The third kappa shape index (κ3) is 2.43. The van der Waals surface area contributed by atoms with E-state index in [9.17, 15) is 8.42 Å². The molecule has 0 aromatic carbocycles. The van der Waals surface area contributed by atoms with Gasteiger partial charge in [0.15, 0.2) is 0 Å². The van der Waals surface area contributed by atoms with Gasteiger partial charge in [0.2, 0.25) is 10.0 Å². The van der Waals surface area contributed by atoms with Crippen molar-refractivity contribution in [2.24, 2.45) is 0 Å². The van der Waals surface area contributed by atoms with Crippen LogP contribution in [0.3, 0.4) is 0 Å². The van der Waals surface area contributed by atoms with Crippen LogP contribution in [-0.4, -0.2) is 32.9 Å². The number of hydrogen-bond donors (Lipinski definition) is 1. The fourth-order valence-electron chi connectivity index (χ4n) is 1.20. The van der Waals surface area contributed by atoms with Crippen molar-refractivity contribution < 1.29 is 13.2 Å². The molecule has 0 spiro atoms. The first-order valence-electron chi connectivity index (χ1n) is 4.07. The van der Waals surface area contributed by atoms with Crippen LogP contribution in [0.15, 0.2) is 0 Å². The van der Waals surface area contributed by atoms with E-state index in [1.165, 1.54) is 0 Å². The van der Waals surface area contributed by atoms with Crippen LogP contribution in [0.5, 0.6) is 0 Å². The third-order valence-corrected chi connectivity index (χ3v) is 3.56. The Morgan fingerprint density at radius 1 is 1.58 bits per heavy atom. The SMILES string of the molecule is CCS(=O)(=O)NC1(C)CCOC1. The molecule has 1 fully saturated rings. The van der Waals surface area contributed by atoms with Crippen LogP contribution in [0.25, 0.3) is 0 Å².